The van der Waals surface area contributed by atoms with Gasteiger partial charge in [0.25, 0.3) is 0 Å². The molecule has 2 heterocycles. The minimum Gasteiger partial charge on any atom is -0.351 e. The molecule has 1 N–H and O–H groups in total. The van der Waals surface area contributed by atoms with E-state index in [-0.39, 0.29) is 29.0 Å². The molecule has 0 bridgehead atoms. The zero-order chi connectivity index (χ0) is 27.7. The first kappa shape index (κ1) is 27.2. The van der Waals surface area contributed by atoms with Crippen molar-refractivity contribution in [2.45, 2.75) is 49.5 Å². The van der Waals surface area contributed by atoms with E-state index in [9.17, 15) is 36.0 Å². The first-order chi connectivity index (χ1) is 17.9. The molecule has 38 heavy (non-hydrogen) atoms. The zero-order valence-electron chi connectivity index (χ0n) is 19.9. The minimum absolute atomic E-state index is 0.133. The third-order valence-corrected chi connectivity index (χ3v) is 8.25. The maximum Gasteiger partial charge on any atom is 0.451 e. The summed E-state index contributed by atoms with van der Waals surface area (Å²) in [7, 11) is -4.09. The molecule has 0 saturated carbocycles. The Morgan fingerprint density at radius 1 is 1.11 bits per heavy atom. The van der Waals surface area contributed by atoms with Crippen molar-refractivity contribution in [1.29, 1.82) is 5.26 Å². The van der Waals surface area contributed by atoms with E-state index in [2.05, 4.69) is 15.3 Å². The van der Waals surface area contributed by atoms with E-state index in [1.54, 1.807) is 6.92 Å². The SMILES string of the molecule is C[C@H]1CC[C@@H](C(=O)NCc2cc(-c3cnc(C(F)(F)F)nc3)ccc2C#N)N1S(=O)(=O)c1ccc(F)cc1. The van der Waals surface area contributed by atoms with E-state index in [0.29, 0.717) is 17.5 Å². The summed E-state index contributed by atoms with van der Waals surface area (Å²) in [5.41, 5.74) is 1.29. The van der Waals surface area contributed by atoms with Crippen molar-refractivity contribution in [1.82, 2.24) is 19.6 Å². The number of halogens is 4. The molecule has 0 radical (unpaired) electrons. The molecule has 0 spiro atoms. The molecule has 1 aromatic heterocycles. The summed E-state index contributed by atoms with van der Waals surface area (Å²) in [5, 5.41) is 12.2. The van der Waals surface area contributed by atoms with Gasteiger partial charge in [-0.25, -0.2) is 22.8 Å². The highest BCUT2D eigenvalue weighted by atomic mass is 32.2. The summed E-state index contributed by atoms with van der Waals surface area (Å²) in [6.45, 7) is 1.55. The Labute approximate surface area is 216 Å². The molecular formula is C25H21F4N5O3S. The van der Waals surface area contributed by atoms with Crippen molar-refractivity contribution < 1.29 is 30.8 Å². The second-order valence-electron chi connectivity index (χ2n) is 8.73. The average molecular weight is 548 g/mol. The van der Waals surface area contributed by atoms with Crippen LogP contribution < -0.4 is 5.32 Å². The van der Waals surface area contributed by atoms with Crippen LogP contribution in [0.5, 0.6) is 0 Å². The van der Waals surface area contributed by atoms with Crippen LogP contribution in [0.15, 0.2) is 59.8 Å². The lowest BCUT2D eigenvalue weighted by Gasteiger charge is -2.27. The molecule has 0 unspecified atom stereocenters. The summed E-state index contributed by atoms with van der Waals surface area (Å²) in [5.74, 6) is -2.45. The van der Waals surface area contributed by atoms with Gasteiger partial charge in [0.15, 0.2) is 0 Å². The van der Waals surface area contributed by atoms with Crippen molar-refractivity contribution in [2.75, 3.05) is 0 Å². The Morgan fingerprint density at radius 3 is 2.37 bits per heavy atom. The number of carbonyl (C=O) groups excluding carboxylic acids is 1. The van der Waals surface area contributed by atoms with Crippen LogP contribution in [0.1, 0.15) is 36.7 Å². The number of nitriles is 1. The van der Waals surface area contributed by atoms with Crippen LogP contribution in [0.2, 0.25) is 0 Å². The zero-order valence-corrected chi connectivity index (χ0v) is 20.7. The Morgan fingerprint density at radius 2 is 1.76 bits per heavy atom. The predicted octanol–water partition coefficient (Wildman–Crippen LogP) is 4.03. The molecule has 1 amide bonds. The molecule has 1 aliphatic rings. The van der Waals surface area contributed by atoms with Crippen LogP contribution in [0, 0.1) is 17.1 Å². The standard InChI is InChI=1S/C25H21F4N5O3S/c1-15-2-9-22(34(15)38(36,37)21-7-5-20(26)6-8-21)23(35)31-12-18-10-16(3-4-17(18)11-30)19-13-32-24(33-14-19)25(27,28)29/h3-8,10,13-15,22H,2,9,12H2,1H3,(H,31,35)/t15-,22-/m0/s1. The molecule has 3 aromatic rings. The highest BCUT2D eigenvalue weighted by Gasteiger charge is 2.43. The summed E-state index contributed by atoms with van der Waals surface area (Å²) in [6, 6.07) is 9.34. The normalized spacial score (nSPS) is 18.2. The van der Waals surface area contributed by atoms with E-state index >= 15 is 0 Å². The average Bonchev–Trinajstić information content (AvgIpc) is 3.29. The highest BCUT2D eigenvalue weighted by molar-refractivity contribution is 7.89. The first-order valence-electron chi connectivity index (χ1n) is 11.4. The van der Waals surface area contributed by atoms with Crippen LogP contribution >= 0.6 is 0 Å². The van der Waals surface area contributed by atoms with Crippen LogP contribution in [0.4, 0.5) is 17.6 Å². The molecule has 198 valence electrons. The Balaban J connectivity index is 1.54. The number of rotatable bonds is 6. The minimum atomic E-state index is -4.69. The maximum atomic E-state index is 13.3. The molecule has 1 aliphatic heterocycles. The number of amides is 1. The summed E-state index contributed by atoms with van der Waals surface area (Å²) in [4.78, 5) is 19.6. The van der Waals surface area contributed by atoms with Gasteiger partial charge in [0.05, 0.1) is 16.5 Å². The van der Waals surface area contributed by atoms with Gasteiger partial charge in [-0.1, -0.05) is 6.07 Å². The van der Waals surface area contributed by atoms with Gasteiger partial charge >= 0.3 is 6.18 Å². The third-order valence-electron chi connectivity index (χ3n) is 6.21. The number of benzene rings is 2. The number of nitrogens with zero attached hydrogens (tertiary/aromatic N) is 4. The van der Waals surface area contributed by atoms with E-state index in [1.807, 2.05) is 6.07 Å². The Hall–Kier alpha value is -3.89. The van der Waals surface area contributed by atoms with Crippen LogP contribution in [0.25, 0.3) is 11.1 Å². The molecule has 1 saturated heterocycles. The lowest BCUT2D eigenvalue weighted by molar-refractivity contribution is -0.145. The number of alkyl halides is 3. The number of aromatic nitrogens is 2. The van der Waals surface area contributed by atoms with Crippen molar-refractivity contribution >= 4 is 15.9 Å². The Bertz CT molecular complexity index is 1490. The smallest absolute Gasteiger partial charge is 0.351 e. The monoisotopic (exact) mass is 547 g/mol. The summed E-state index contributed by atoms with van der Waals surface area (Å²) >= 11 is 0. The Kier molecular flexibility index (Phi) is 7.48. The van der Waals surface area contributed by atoms with Crippen molar-refractivity contribution in [2.24, 2.45) is 0 Å². The maximum absolute atomic E-state index is 13.3. The third kappa shape index (κ3) is 5.51. The molecule has 13 heteroatoms. The van der Waals surface area contributed by atoms with E-state index in [1.165, 1.54) is 18.2 Å². The van der Waals surface area contributed by atoms with Crippen molar-refractivity contribution in [3.63, 3.8) is 0 Å². The van der Waals surface area contributed by atoms with Gasteiger partial charge < -0.3 is 5.32 Å². The van der Waals surface area contributed by atoms with Gasteiger partial charge in [0.2, 0.25) is 21.8 Å². The lowest BCUT2D eigenvalue weighted by atomic mass is 10.0. The molecule has 2 aromatic carbocycles. The van der Waals surface area contributed by atoms with Gasteiger partial charge in [-0.15, -0.1) is 0 Å². The number of carbonyl (C=O) groups is 1. The van der Waals surface area contributed by atoms with E-state index < -0.39 is 45.8 Å². The van der Waals surface area contributed by atoms with E-state index in [0.717, 1.165) is 41.0 Å². The molecule has 1 fully saturated rings. The van der Waals surface area contributed by atoms with Gasteiger partial charge in [0, 0.05) is 30.5 Å². The second kappa shape index (κ2) is 10.5. The summed E-state index contributed by atoms with van der Waals surface area (Å²) < 4.78 is 79.2. The lowest BCUT2D eigenvalue weighted by Crippen LogP contribution is -2.48. The van der Waals surface area contributed by atoms with Crippen LogP contribution in [-0.2, 0) is 27.5 Å². The predicted molar refractivity (Wildman–Crippen MR) is 127 cm³/mol. The molecular weight excluding hydrogens is 526 g/mol. The fraction of sp³-hybridized carbons (Fsp3) is 0.280. The first-order valence-corrected chi connectivity index (χ1v) is 12.9. The number of sulfonamides is 1. The van der Waals surface area contributed by atoms with Gasteiger partial charge in [0.1, 0.15) is 11.9 Å². The topological polar surface area (TPSA) is 116 Å². The van der Waals surface area contributed by atoms with E-state index in [4.69, 9.17) is 0 Å². The summed E-state index contributed by atoms with van der Waals surface area (Å²) in [6.07, 6.45) is -1.96. The van der Waals surface area contributed by atoms with Crippen molar-refractivity contribution in [3.05, 3.63) is 77.6 Å². The van der Waals surface area contributed by atoms with Crippen molar-refractivity contribution in [3.8, 4) is 17.2 Å². The van der Waals surface area contributed by atoms with Crippen LogP contribution in [0.3, 0.4) is 0 Å². The van der Waals surface area contributed by atoms with Gasteiger partial charge in [-0.3, -0.25) is 4.79 Å². The fourth-order valence-electron chi connectivity index (χ4n) is 4.29. The molecule has 8 nitrogen and oxygen atoms in total. The number of hydrogen-bond donors (Lipinski definition) is 1. The number of hydrogen-bond acceptors (Lipinski definition) is 6. The van der Waals surface area contributed by atoms with Gasteiger partial charge in [-0.05, 0) is 67.3 Å². The van der Waals surface area contributed by atoms with Gasteiger partial charge in [-0.2, -0.15) is 22.7 Å². The highest BCUT2D eigenvalue weighted by Crippen LogP contribution is 2.32. The largest absolute Gasteiger partial charge is 0.451 e. The molecule has 2 atom stereocenters. The second-order valence-corrected chi connectivity index (χ2v) is 10.6. The fourth-order valence-corrected chi connectivity index (χ4v) is 6.13. The van der Waals surface area contributed by atoms with Crippen LogP contribution in [-0.4, -0.2) is 40.7 Å². The number of nitrogens with one attached hydrogen (secondary N) is 1. The quantitative estimate of drug-likeness (QED) is 0.466. The molecule has 4 rings (SSSR count). The molecule has 0 aliphatic carbocycles.